The van der Waals surface area contributed by atoms with Gasteiger partial charge in [0.2, 0.25) is 0 Å². The molecule has 0 saturated carbocycles. The summed E-state index contributed by atoms with van der Waals surface area (Å²) in [6, 6.07) is 12.3. The van der Waals surface area contributed by atoms with Crippen molar-refractivity contribution in [3.8, 4) is 5.75 Å². The van der Waals surface area contributed by atoms with Crippen LogP contribution in [-0.4, -0.2) is 7.11 Å². The van der Waals surface area contributed by atoms with Crippen molar-refractivity contribution in [3.63, 3.8) is 0 Å². The Morgan fingerprint density at radius 3 is 2.50 bits per heavy atom. The smallest absolute Gasteiger partial charge is 1.00 e. The zero-order valence-electron chi connectivity index (χ0n) is 7.63. The molecular weight excluding hydrogens is 386 g/mol. The molecule has 0 aromatic heterocycles. The summed E-state index contributed by atoms with van der Waals surface area (Å²) in [6.07, 6.45) is 0. The summed E-state index contributed by atoms with van der Waals surface area (Å²) in [6.45, 7) is 0. The third kappa shape index (κ3) is 3.34. The number of fused-ring (bicyclic) bond motifs is 1. The van der Waals surface area contributed by atoms with Crippen molar-refractivity contribution in [2.75, 3.05) is 7.11 Å². The Labute approximate surface area is 115 Å². The molecule has 0 fully saturated rings. The van der Waals surface area contributed by atoms with Crippen LogP contribution >= 0.6 is 0 Å². The van der Waals surface area contributed by atoms with Crippen LogP contribution in [0.3, 0.4) is 0 Å². The topological polar surface area (TPSA) is 9.23 Å². The predicted molar refractivity (Wildman–Crippen MR) is 46.1 cm³/mol. The van der Waals surface area contributed by atoms with E-state index >= 15 is 0 Å². The number of halogens is 2. The van der Waals surface area contributed by atoms with Crippen molar-refractivity contribution in [3.05, 3.63) is 36.4 Å². The Kier molecular flexibility index (Phi) is 8.70. The predicted octanol–water partition coefficient (Wildman–Crippen LogP) is -3.43. The van der Waals surface area contributed by atoms with Crippen LogP contribution in [0.5, 0.6) is 5.75 Å². The molecule has 0 amide bonds. The molecule has 0 aliphatic carbocycles. The number of methoxy groups -OCH3 is 1. The molecule has 72 valence electrons. The number of hydrogen-bond donors (Lipinski definition) is 0. The van der Waals surface area contributed by atoms with E-state index in [0.717, 1.165) is 5.75 Å². The fraction of sp³-hybridized carbons (Fsp3) is 0.100. The standard InChI is InChI=1S/C10H9O.2ClH.Hf/c1-11-10-6-5-8-3-2-4-9(8)7-10;;;/h2-7H,1H3;2*1H;/q-1;;;+4/p-2. The zero-order valence-corrected chi connectivity index (χ0v) is 12.7. The molecule has 1 nitrogen and oxygen atoms in total. The summed E-state index contributed by atoms with van der Waals surface area (Å²) in [4.78, 5) is 0. The second-order valence-corrected chi connectivity index (χ2v) is 2.52. The van der Waals surface area contributed by atoms with Gasteiger partial charge in [0.1, 0.15) is 0 Å². The van der Waals surface area contributed by atoms with Crippen molar-refractivity contribution in [2.24, 2.45) is 0 Å². The van der Waals surface area contributed by atoms with Crippen LogP contribution in [-0.2, 0) is 25.8 Å². The molecule has 2 aromatic carbocycles. The molecule has 0 unspecified atom stereocenters. The second kappa shape index (κ2) is 7.38. The van der Waals surface area contributed by atoms with E-state index in [4.69, 9.17) is 4.74 Å². The van der Waals surface area contributed by atoms with E-state index in [1.165, 1.54) is 10.8 Å². The van der Waals surface area contributed by atoms with Gasteiger partial charge in [-0.15, -0.1) is 22.9 Å². The SMILES string of the molecule is COc1ccc2[cH-]ccc2c1.[Cl-].[Cl-].[Hf+4]. The van der Waals surface area contributed by atoms with Crippen LogP contribution in [0.4, 0.5) is 0 Å². The Balaban J connectivity index is 0. The van der Waals surface area contributed by atoms with Gasteiger partial charge in [-0.2, -0.15) is 12.1 Å². The largest absolute Gasteiger partial charge is 4.00 e. The molecule has 0 aliphatic rings. The Morgan fingerprint density at radius 2 is 1.86 bits per heavy atom. The van der Waals surface area contributed by atoms with Crippen molar-refractivity contribution < 1.29 is 55.4 Å². The maximum atomic E-state index is 5.09. The Morgan fingerprint density at radius 1 is 1.14 bits per heavy atom. The molecule has 0 N–H and O–H groups in total. The van der Waals surface area contributed by atoms with Gasteiger partial charge in [-0.25, -0.2) is 0 Å². The van der Waals surface area contributed by atoms with E-state index in [0.29, 0.717) is 0 Å². The summed E-state index contributed by atoms with van der Waals surface area (Å²) >= 11 is 0. The van der Waals surface area contributed by atoms with Crippen LogP contribution in [0.25, 0.3) is 10.8 Å². The molecule has 0 bridgehead atoms. The van der Waals surface area contributed by atoms with Gasteiger partial charge in [0.05, 0.1) is 12.9 Å². The summed E-state index contributed by atoms with van der Waals surface area (Å²) < 4.78 is 5.09. The average molecular weight is 395 g/mol. The molecular formula is C10H9Cl2HfO+. The third-order valence-electron chi connectivity index (χ3n) is 1.85. The van der Waals surface area contributed by atoms with E-state index in [2.05, 4.69) is 18.2 Å². The van der Waals surface area contributed by atoms with Gasteiger partial charge in [0.25, 0.3) is 0 Å². The first-order valence-corrected chi connectivity index (χ1v) is 3.59. The number of hydrogen-bond acceptors (Lipinski definition) is 1. The second-order valence-electron chi connectivity index (χ2n) is 2.52. The summed E-state index contributed by atoms with van der Waals surface area (Å²) in [5, 5.41) is 2.51. The minimum absolute atomic E-state index is 0. The Bertz CT molecular complexity index is 373. The third-order valence-corrected chi connectivity index (χ3v) is 1.85. The molecule has 0 atom stereocenters. The monoisotopic (exact) mass is 395 g/mol. The van der Waals surface area contributed by atoms with Gasteiger partial charge in [-0.1, -0.05) is 12.1 Å². The number of benzene rings is 1. The van der Waals surface area contributed by atoms with E-state index in [1.807, 2.05) is 18.2 Å². The minimum atomic E-state index is 0. The van der Waals surface area contributed by atoms with Gasteiger partial charge in [0.15, 0.2) is 0 Å². The minimum Gasteiger partial charge on any atom is -1.00 e. The van der Waals surface area contributed by atoms with Crippen molar-refractivity contribution in [1.29, 1.82) is 0 Å². The van der Waals surface area contributed by atoms with Crippen LogP contribution in [0.2, 0.25) is 0 Å². The molecule has 2 aromatic rings. The quantitative estimate of drug-likeness (QED) is 0.362. The first-order valence-electron chi connectivity index (χ1n) is 3.59. The summed E-state index contributed by atoms with van der Waals surface area (Å²) in [5.41, 5.74) is 0. The van der Waals surface area contributed by atoms with Crippen LogP contribution in [0.1, 0.15) is 0 Å². The molecule has 0 radical (unpaired) electrons. The average Bonchev–Trinajstić information content (AvgIpc) is 2.50. The van der Waals surface area contributed by atoms with Crippen LogP contribution in [0, 0.1) is 0 Å². The van der Waals surface area contributed by atoms with E-state index in [9.17, 15) is 0 Å². The van der Waals surface area contributed by atoms with Crippen molar-refractivity contribution >= 4 is 10.8 Å². The fourth-order valence-corrected chi connectivity index (χ4v) is 1.23. The molecule has 0 spiro atoms. The zero-order chi connectivity index (χ0) is 7.68. The van der Waals surface area contributed by atoms with Crippen molar-refractivity contribution in [1.82, 2.24) is 0 Å². The van der Waals surface area contributed by atoms with Gasteiger partial charge < -0.3 is 29.6 Å². The van der Waals surface area contributed by atoms with E-state index < -0.39 is 0 Å². The normalized spacial score (nSPS) is 8.07. The van der Waals surface area contributed by atoms with Gasteiger partial charge in [-0.3, -0.25) is 0 Å². The van der Waals surface area contributed by atoms with Crippen LogP contribution < -0.4 is 29.6 Å². The molecule has 0 saturated heterocycles. The summed E-state index contributed by atoms with van der Waals surface area (Å²) in [7, 11) is 1.68. The molecule has 0 heterocycles. The first-order chi connectivity index (χ1) is 5.40. The van der Waals surface area contributed by atoms with Gasteiger partial charge in [0, 0.05) is 0 Å². The van der Waals surface area contributed by atoms with E-state index in [-0.39, 0.29) is 50.7 Å². The maximum absolute atomic E-state index is 5.09. The van der Waals surface area contributed by atoms with E-state index in [1.54, 1.807) is 7.11 Å². The molecule has 4 heteroatoms. The number of rotatable bonds is 1. The van der Waals surface area contributed by atoms with Gasteiger partial charge >= 0.3 is 25.8 Å². The molecule has 14 heavy (non-hydrogen) atoms. The van der Waals surface area contributed by atoms with Gasteiger partial charge in [-0.05, 0) is 0 Å². The number of ether oxygens (including phenoxy) is 1. The Hall–Kier alpha value is 0.0801. The molecule has 2 rings (SSSR count). The maximum Gasteiger partial charge on any atom is 4.00 e. The fourth-order valence-electron chi connectivity index (χ4n) is 1.23. The first kappa shape index (κ1) is 16.5. The molecule has 0 aliphatic heterocycles. The van der Waals surface area contributed by atoms with Crippen LogP contribution in [0.15, 0.2) is 36.4 Å². The summed E-state index contributed by atoms with van der Waals surface area (Å²) in [5.74, 6) is 0.920. The van der Waals surface area contributed by atoms with Crippen molar-refractivity contribution in [2.45, 2.75) is 0 Å².